The third-order valence-corrected chi connectivity index (χ3v) is 5.21. The van der Waals surface area contributed by atoms with Gasteiger partial charge in [0.1, 0.15) is 41.7 Å². The van der Waals surface area contributed by atoms with Crippen LogP contribution in [-0.2, 0) is 11.2 Å². The lowest BCUT2D eigenvalue weighted by Gasteiger charge is -2.35. The Labute approximate surface area is 170 Å². The molecule has 6 atom stereocenters. The molecule has 2 heterocycles. The summed E-state index contributed by atoms with van der Waals surface area (Å²) in [5.74, 6) is -0.602. The third kappa shape index (κ3) is 3.71. The van der Waals surface area contributed by atoms with E-state index in [9.17, 15) is 35.7 Å². The zero-order valence-corrected chi connectivity index (χ0v) is 15.6. The Bertz CT molecular complexity index is 932. The number of phenolic OH excluding ortho intramolecular Hbond substituents is 3. The highest BCUT2D eigenvalue weighted by Crippen LogP contribution is 2.43. The van der Waals surface area contributed by atoms with Crippen LogP contribution in [0.15, 0.2) is 30.3 Å². The van der Waals surface area contributed by atoms with Crippen LogP contribution in [0.3, 0.4) is 0 Å². The summed E-state index contributed by atoms with van der Waals surface area (Å²) in [5.41, 5.74) is 0.757. The van der Waals surface area contributed by atoms with Crippen molar-refractivity contribution in [3.05, 3.63) is 41.5 Å². The largest absolute Gasteiger partial charge is 0.507 e. The summed E-state index contributed by atoms with van der Waals surface area (Å²) in [4.78, 5) is 0. The van der Waals surface area contributed by atoms with E-state index < -0.39 is 36.8 Å². The minimum atomic E-state index is -1.51. The van der Waals surface area contributed by atoms with Crippen molar-refractivity contribution < 1.29 is 50.0 Å². The number of fused-ring (bicyclic) bond motifs is 1. The molecule has 0 aliphatic carbocycles. The molecule has 2 aromatic rings. The summed E-state index contributed by atoms with van der Waals surface area (Å²) in [5, 5.41) is 69.3. The molecule has 0 amide bonds. The smallest absolute Gasteiger partial charge is 0.228 e. The number of benzene rings is 2. The summed E-state index contributed by atoms with van der Waals surface area (Å²) in [6, 6.07) is 6.73. The molecule has 10 nitrogen and oxygen atoms in total. The second-order valence-electron chi connectivity index (χ2n) is 7.35. The monoisotopic (exact) mass is 422 g/mol. The first-order chi connectivity index (χ1) is 14.2. The van der Waals surface area contributed by atoms with Crippen molar-refractivity contribution >= 4 is 0 Å². The van der Waals surface area contributed by atoms with Gasteiger partial charge in [0, 0.05) is 24.1 Å². The molecule has 2 aliphatic heterocycles. The summed E-state index contributed by atoms with van der Waals surface area (Å²) in [6.45, 7) is -0.241. The molecule has 0 spiro atoms. The van der Waals surface area contributed by atoms with Crippen molar-refractivity contribution in [3.63, 3.8) is 0 Å². The first-order valence-electron chi connectivity index (χ1n) is 9.29. The molecule has 4 unspecified atom stereocenters. The summed E-state index contributed by atoms with van der Waals surface area (Å²) >= 11 is 0. The number of phenols is 3. The molecule has 0 radical (unpaired) electrons. The van der Waals surface area contributed by atoms with E-state index in [-0.39, 0.29) is 41.8 Å². The normalized spacial score (nSPS) is 30.9. The molecule has 7 N–H and O–H groups in total. The Morgan fingerprint density at radius 1 is 0.833 bits per heavy atom. The van der Waals surface area contributed by atoms with Crippen LogP contribution in [0.25, 0.3) is 0 Å². The van der Waals surface area contributed by atoms with E-state index in [2.05, 4.69) is 0 Å². The molecule has 0 aromatic heterocycles. The van der Waals surface area contributed by atoms with Gasteiger partial charge in [-0.3, -0.25) is 0 Å². The van der Waals surface area contributed by atoms with E-state index in [0.717, 1.165) is 0 Å². The molecule has 4 rings (SSSR count). The molecule has 2 aromatic carbocycles. The number of ether oxygens (including phenoxy) is 3. The lowest BCUT2D eigenvalue weighted by molar-refractivity contribution is -0.242. The van der Waals surface area contributed by atoms with Gasteiger partial charge in [-0.15, -0.1) is 0 Å². The zero-order valence-electron chi connectivity index (χ0n) is 15.6. The third-order valence-electron chi connectivity index (χ3n) is 5.21. The van der Waals surface area contributed by atoms with Crippen LogP contribution >= 0.6 is 0 Å². The fourth-order valence-electron chi connectivity index (χ4n) is 3.54. The highest BCUT2D eigenvalue weighted by atomic mass is 16.7. The van der Waals surface area contributed by atoms with Crippen molar-refractivity contribution in [1.29, 1.82) is 0 Å². The molecular formula is C20H22O10. The van der Waals surface area contributed by atoms with Crippen molar-refractivity contribution in [2.45, 2.75) is 43.2 Å². The highest BCUT2D eigenvalue weighted by molar-refractivity contribution is 5.52. The maximum absolute atomic E-state index is 10.5. The van der Waals surface area contributed by atoms with Crippen molar-refractivity contribution in [3.8, 4) is 28.7 Å². The van der Waals surface area contributed by atoms with Gasteiger partial charge in [-0.05, 0) is 17.7 Å². The van der Waals surface area contributed by atoms with E-state index in [1.54, 1.807) is 0 Å². The van der Waals surface area contributed by atoms with Gasteiger partial charge in [-0.1, -0.05) is 6.07 Å². The average molecular weight is 422 g/mol. The number of aliphatic hydroxyl groups is 4. The quantitative estimate of drug-likeness (QED) is 0.325. The van der Waals surface area contributed by atoms with E-state index in [0.29, 0.717) is 11.1 Å². The molecule has 0 saturated carbocycles. The van der Waals surface area contributed by atoms with Gasteiger partial charge in [0.05, 0.1) is 12.7 Å². The van der Waals surface area contributed by atoms with Gasteiger partial charge < -0.3 is 50.0 Å². The fourth-order valence-corrected chi connectivity index (χ4v) is 3.54. The van der Waals surface area contributed by atoms with Crippen molar-refractivity contribution in [2.24, 2.45) is 0 Å². The maximum Gasteiger partial charge on any atom is 0.228 e. The predicted molar refractivity (Wildman–Crippen MR) is 99.3 cm³/mol. The van der Waals surface area contributed by atoms with Gasteiger partial charge in [-0.25, -0.2) is 0 Å². The number of hydrogen-bond donors (Lipinski definition) is 7. The lowest BCUT2D eigenvalue weighted by Crippen LogP contribution is -2.54. The fraction of sp³-hybridized carbons (Fsp3) is 0.400. The second kappa shape index (κ2) is 7.82. The minimum Gasteiger partial charge on any atom is -0.507 e. The maximum atomic E-state index is 10.5. The molecule has 30 heavy (non-hydrogen) atoms. The number of aromatic hydroxyl groups is 3. The predicted octanol–water partition coefficient (Wildman–Crippen LogP) is -0.342. The Kier molecular flexibility index (Phi) is 5.35. The van der Waals surface area contributed by atoms with Gasteiger partial charge in [0.15, 0.2) is 11.5 Å². The van der Waals surface area contributed by atoms with Crippen molar-refractivity contribution in [1.82, 2.24) is 0 Å². The molecule has 10 heteroatoms. The number of hydrogen-bond acceptors (Lipinski definition) is 10. The van der Waals surface area contributed by atoms with Gasteiger partial charge in [-0.2, -0.15) is 0 Å². The standard InChI is InChI=1S/C20H22O10/c21-11-2-1-8(3-13(11)23)19-14(24)6-10-12(22)4-9(5-16(10)30-19)29-20-18(27)17(26)15(25)7-28-20/h1-5,14-15,17-27H,6-7H2/t14-,15?,17?,18?,19+,20?/m0/s1. The summed E-state index contributed by atoms with van der Waals surface area (Å²) in [7, 11) is 0. The van der Waals surface area contributed by atoms with Crippen LogP contribution in [0.5, 0.6) is 28.7 Å². The summed E-state index contributed by atoms with van der Waals surface area (Å²) in [6.07, 6.45) is -7.34. The van der Waals surface area contributed by atoms with E-state index in [4.69, 9.17) is 14.2 Å². The van der Waals surface area contributed by atoms with Crippen LogP contribution in [0.4, 0.5) is 0 Å². The minimum absolute atomic E-state index is 0.0568. The van der Waals surface area contributed by atoms with Gasteiger partial charge in [0.2, 0.25) is 6.29 Å². The van der Waals surface area contributed by atoms with E-state index in [1.807, 2.05) is 0 Å². The van der Waals surface area contributed by atoms with Crippen LogP contribution in [0.2, 0.25) is 0 Å². The van der Waals surface area contributed by atoms with Crippen LogP contribution < -0.4 is 9.47 Å². The average Bonchev–Trinajstić information content (AvgIpc) is 2.71. The molecule has 0 bridgehead atoms. The van der Waals surface area contributed by atoms with Crippen LogP contribution in [0.1, 0.15) is 17.2 Å². The van der Waals surface area contributed by atoms with E-state index in [1.165, 1.54) is 30.3 Å². The first-order valence-corrected chi connectivity index (χ1v) is 9.29. The Morgan fingerprint density at radius 3 is 2.33 bits per heavy atom. The molecule has 1 fully saturated rings. The number of rotatable bonds is 3. The second-order valence-corrected chi connectivity index (χ2v) is 7.35. The number of aliphatic hydroxyl groups excluding tert-OH is 4. The van der Waals surface area contributed by atoms with Gasteiger partial charge in [0.25, 0.3) is 0 Å². The van der Waals surface area contributed by atoms with E-state index >= 15 is 0 Å². The Hall–Kier alpha value is -2.76. The molecular weight excluding hydrogens is 400 g/mol. The highest BCUT2D eigenvalue weighted by Gasteiger charge is 2.39. The molecule has 162 valence electrons. The summed E-state index contributed by atoms with van der Waals surface area (Å²) < 4.78 is 16.5. The van der Waals surface area contributed by atoms with Crippen LogP contribution in [-0.4, -0.2) is 73.1 Å². The lowest BCUT2D eigenvalue weighted by atomic mass is 9.94. The van der Waals surface area contributed by atoms with Crippen LogP contribution in [0, 0.1) is 0 Å². The molecule has 2 aliphatic rings. The Balaban J connectivity index is 1.58. The molecule has 1 saturated heterocycles. The topological polar surface area (TPSA) is 169 Å². The Morgan fingerprint density at radius 2 is 1.60 bits per heavy atom. The SMILES string of the molecule is Oc1ccc([C@H]2Oc3cc(OC4OCC(O)C(O)C4O)cc(O)c3C[C@@H]2O)cc1O. The van der Waals surface area contributed by atoms with Crippen molar-refractivity contribution in [2.75, 3.05) is 6.61 Å². The van der Waals surface area contributed by atoms with Gasteiger partial charge >= 0.3 is 0 Å². The first kappa shape index (κ1) is 20.5. The zero-order chi connectivity index (χ0) is 21.6.